The second kappa shape index (κ2) is 16.0. The van der Waals surface area contributed by atoms with Gasteiger partial charge in [-0.3, -0.25) is 18.8 Å². The van der Waals surface area contributed by atoms with Gasteiger partial charge in [0.15, 0.2) is 11.4 Å². The van der Waals surface area contributed by atoms with E-state index in [-0.39, 0.29) is 18.8 Å². The summed E-state index contributed by atoms with van der Waals surface area (Å²) in [6.07, 6.45) is 2.02. The maximum absolute atomic E-state index is 13.8. The molecule has 4 heterocycles. The molecule has 13 heteroatoms. The number of carbonyl (C=O) groups excluding carboxylic acids is 1. The monoisotopic (exact) mass is 762 g/mol. The van der Waals surface area contributed by atoms with Crippen molar-refractivity contribution in [1.82, 2.24) is 29.1 Å². The normalized spacial score (nSPS) is 19.7. The number of ketones is 1. The van der Waals surface area contributed by atoms with Gasteiger partial charge < -0.3 is 14.0 Å². The van der Waals surface area contributed by atoms with Gasteiger partial charge in [0.05, 0.1) is 49.9 Å². The first-order valence-corrected chi connectivity index (χ1v) is 20.5. The third-order valence-corrected chi connectivity index (χ3v) is 12.6. The van der Waals surface area contributed by atoms with Crippen LogP contribution in [0.3, 0.4) is 0 Å². The Balaban J connectivity index is 1.21. The largest absolute Gasteiger partial charge is 0.379 e. The second-order valence-corrected chi connectivity index (χ2v) is 16.4. The molecule has 0 radical (unpaired) electrons. The fourth-order valence-corrected chi connectivity index (χ4v) is 9.37. The third kappa shape index (κ3) is 7.29. The van der Waals surface area contributed by atoms with E-state index >= 15 is 0 Å². The van der Waals surface area contributed by atoms with Crippen molar-refractivity contribution in [2.45, 2.75) is 24.3 Å². The van der Waals surface area contributed by atoms with Crippen LogP contribution in [0.1, 0.15) is 39.0 Å². The second-order valence-electron chi connectivity index (χ2n) is 13.3. The van der Waals surface area contributed by atoms with Crippen LogP contribution in [0.15, 0.2) is 134 Å². The van der Waals surface area contributed by atoms with E-state index in [1.165, 1.54) is 6.33 Å². The van der Waals surface area contributed by atoms with Gasteiger partial charge >= 0.3 is 6.87 Å². The summed E-state index contributed by atoms with van der Waals surface area (Å²) in [6.45, 7) is -1.21. The molecule has 0 aliphatic carbocycles. The molecule has 2 saturated heterocycles. The Bertz CT molecular complexity index is 2130. The molecule has 2 aliphatic heterocycles. The third-order valence-electron chi connectivity index (χ3n) is 10.1. The first kappa shape index (κ1) is 36.4. The van der Waals surface area contributed by atoms with E-state index in [1.807, 2.05) is 41.0 Å². The van der Waals surface area contributed by atoms with Crippen molar-refractivity contribution < 1.29 is 23.4 Å². The van der Waals surface area contributed by atoms with Crippen molar-refractivity contribution in [3.05, 3.63) is 162 Å². The summed E-state index contributed by atoms with van der Waals surface area (Å²) in [4.78, 5) is 29.5. The number of nitrogens with zero attached hydrogens (tertiary/aromatic N) is 6. The molecule has 6 aromatic rings. The Kier molecular flexibility index (Phi) is 10.8. The Hall–Kier alpha value is -4.58. The number of aromatic nitrogens is 4. The van der Waals surface area contributed by atoms with Crippen molar-refractivity contribution in [2.24, 2.45) is 0 Å². The number of hydrogen-bond acceptors (Lipinski definition) is 9. The molecule has 54 heavy (non-hydrogen) atoms. The van der Waals surface area contributed by atoms with Crippen LogP contribution in [-0.2, 0) is 30.5 Å². The standard InChI is InChI=1S/C41H40ClN6O5P/c42-54(50,47-21-23-51-24-22-47)52-28-35-26-46(41(32-15-7-2-8-16-32,33-17-9-3-10-18-33)34-19-11-4-12-20-34)27-38(53-35)48-30-45-39-36(43-29-44-40(39)48)25-37(49)31-13-5-1-6-14-31/h1-20,29-30,35,38H,21-28H2. The number of Topliss-reactive ketones (excluding diaryl/α,β-unsaturated/α-hetero) is 1. The Labute approximate surface area is 318 Å². The van der Waals surface area contributed by atoms with E-state index in [0.717, 1.165) is 16.7 Å². The van der Waals surface area contributed by atoms with Gasteiger partial charge in [0.25, 0.3) is 0 Å². The van der Waals surface area contributed by atoms with Crippen LogP contribution >= 0.6 is 18.1 Å². The number of hydrogen-bond donors (Lipinski definition) is 0. The zero-order valence-corrected chi connectivity index (χ0v) is 31.2. The number of carbonyl (C=O) groups is 1. The predicted molar refractivity (Wildman–Crippen MR) is 206 cm³/mol. The first-order chi connectivity index (χ1) is 26.4. The molecular formula is C41H40ClN6O5P. The average Bonchev–Trinajstić information content (AvgIpc) is 3.68. The molecular weight excluding hydrogens is 723 g/mol. The first-order valence-electron chi connectivity index (χ1n) is 18.0. The molecule has 0 saturated carbocycles. The lowest BCUT2D eigenvalue weighted by molar-refractivity contribution is -0.145. The van der Waals surface area contributed by atoms with Gasteiger partial charge in [0, 0.05) is 31.7 Å². The van der Waals surface area contributed by atoms with Gasteiger partial charge in [-0.2, -0.15) is 0 Å². The van der Waals surface area contributed by atoms with Gasteiger partial charge in [0.2, 0.25) is 0 Å². The Morgan fingerprint density at radius 2 is 1.37 bits per heavy atom. The highest BCUT2D eigenvalue weighted by molar-refractivity contribution is 7.83. The van der Waals surface area contributed by atoms with E-state index in [2.05, 4.69) is 87.7 Å². The number of morpholine rings is 2. The van der Waals surface area contributed by atoms with Crippen molar-refractivity contribution in [3.63, 3.8) is 0 Å². The van der Waals surface area contributed by atoms with Gasteiger partial charge in [-0.05, 0) is 27.9 Å². The summed E-state index contributed by atoms with van der Waals surface area (Å²) >= 11 is 6.64. The highest BCUT2D eigenvalue weighted by atomic mass is 35.7. The van der Waals surface area contributed by atoms with E-state index in [1.54, 1.807) is 23.1 Å². The molecule has 8 rings (SSSR count). The molecule has 2 aliphatic rings. The number of rotatable bonds is 12. The fourth-order valence-electron chi connectivity index (χ4n) is 7.59. The maximum Gasteiger partial charge on any atom is 0.363 e. The molecule has 0 bridgehead atoms. The minimum Gasteiger partial charge on any atom is -0.379 e. The van der Waals surface area contributed by atoms with Gasteiger partial charge in [-0.25, -0.2) is 19.6 Å². The number of benzene rings is 4. The number of imidazole rings is 1. The quantitative estimate of drug-likeness (QED) is 0.0725. The minimum absolute atomic E-state index is 0.0297. The van der Waals surface area contributed by atoms with Crippen LogP contribution in [-0.4, -0.2) is 87.0 Å². The smallest absolute Gasteiger partial charge is 0.363 e. The predicted octanol–water partition coefficient (Wildman–Crippen LogP) is 7.14. The van der Waals surface area contributed by atoms with Crippen molar-refractivity contribution in [3.8, 4) is 0 Å². The zero-order valence-electron chi connectivity index (χ0n) is 29.6. The summed E-state index contributed by atoms with van der Waals surface area (Å²) in [6, 6.07) is 40.4. The zero-order chi connectivity index (χ0) is 37.0. The topological polar surface area (TPSA) is 112 Å². The van der Waals surface area contributed by atoms with Crippen LogP contribution in [0.4, 0.5) is 0 Å². The van der Waals surface area contributed by atoms with Gasteiger partial charge in [0.1, 0.15) is 18.1 Å². The molecule has 0 N–H and O–H groups in total. The van der Waals surface area contributed by atoms with E-state index < -0.39 is 24.7 Å². The summed E-state index contributed by atoms with van der Waals surface area (Å²) in [5.74, 6) is -0.0633. The lowest BCUT2D eigenvalue weighted by atomic mass is 9.75. The number of halogens is 1. The van der Waals surface area contributed by atoms with Crippen LogP contribution in [0.5, 0.6) is 0 Å². The Morgan fingerprint density at radius 1 is 0.796 bits per heavy atom. The van der Waals surface area contributed by atoms with Crippen molar-refractivity contribution >= 4 is 35.1 Å². The Morgan fingerprint density at radius 3 is 1.96 bits per heavy atom. The summed E-state index contributed by atoms with van der Waals surface area (Å²) in [7, 11) is 0. The highest BCUT2D eigenvalue weighted by Gasteiger charge is 2.47. The molecule has 2 fully saturated rings. The summed E-state index contributed by atoms with van der Waals surface area (Å²) in [5.41, 5.74) is 4.61. The van der Waals surface area contributed by atoms with E-state index in [9.17, 15) is 9.36 Å². The lowest BCUT2D eigenvalue weighted by Gasteiger charge is -2.50. The molecule has 11 nitrogen and oxygen atoms in total. The van der Waals surface area contributed by atoms with Gasteiger partial charge in [-0.15, -0.1) is 0 Å². The van der Waals surface area contributed by atoms with E-state index in [0.29, 0.717) is 61.8 Å². The van der Waals surface area contributed by atoms with Crippen molar-refractivity contribution in [2.75, 3.05) is 46.0 Å². The summed E-state index contributed by atoms with van der Waals surface area (Å²) < 4.78 is 35.7. The lowest BCUT2D eigenvalue weighted by Crippen LogP contribution is -2.57. The molecule has 3 unspecified atom stereocenters. The maximum atomic E-state index is 13.8. The van der Waals surface area contributed by atoms with Crippen LogP contribution in [0.25, 0.3) is 11.2 Å². The molecule has 3 atom stereocenters. The van der Waals surface area contributed by atoms with Crippen LogP contribution in [0, 0.1) is 0 Å². The molecule has 0 spiro atoms. The highest BCUT2D eigenvalue weighted by Crippen LogP contribution is 2.56. The molecule has 4 aromatic carbocycles. The van der Waals surface area contributed by atoms with Crippen LogP contribution < -0.4 is 0 Å². The fraction of sp³-hybridized carbons (Fsp3) is 0.268. The van der Waals surface area contributed by atoms with Crippen LogP contribution in [0.2, 0.25) is 0 Å². The molecule has 2 aromatic heterocycles. The summed E-state index contributed by atoms with van der Waals surface area (Å²) in [5, 5.41) is 0. The minimum atomic E-state index is -3.68. The average molecular weight is 763 g/mol. The number of ether oxygens (including phenoxy) is 2. The number of fused-ring (bicyclic) bond motifs is 1. The molecule has 0 amide bonds. The van der Waals surface area contributed by atoms with Gasteiger partial charge in [-0.1, -0.05) is 121 Å². The SMILES string of the molecule is O=C(Cc1ncnc2c1ncn2C1CN(C(c2ccccc2)(c2ccccc2)c2ccccc2)CC(COP(=O)(Cl)N2CCOCC2)O1)c1ccccc1. The van der Waals surface area contributed by atoms with E-state index in [4.69, 9.17) is 30.2 Å². The van der Waals surface area contributed by atoms with Crippen molar-refractivity contribution in [1.29, 1.82) is 0 Å². The molecule has 276 valence electrons.